The maximum absolute atomic E-state index is 12.9. The highest BCUT2D eigenvalue weighted by molar-refractivity contribution is 6.06. The number of amides is 1. The monoisotopic (exact) mass is 364 g/mol. The fourth-order valence-corrected chi connectivity index (χ4v) is 3.89. The third-order valence-corrected chi connectivity index (χ3v) is 5.31. The van der Waals surface area contributed by atoms with Crippen LogP contribution in [0.25, 0.3) is 10.9 Å². The number of aromatic amines is 1. The summed E-state index contributed by atoms with van der Waals surface area (Å²) >= 11 is 0. The standard InChI is InChI=1S/C22H24N2O3/c1-26-15-11-10-14(20(12-15)27-2)13-23-22(25)18-8-5-7-17-16-6-3-4-9-19(16)24-21(17)18/h5,7-8,10-12,24H,3-4,6,9,13H2,1-2H3,(H,23,25). The molecule has 0 spiro atoms. The van der Waals surface area contributed by atoms with E-state index in [1.165, 1.54) is 29.5 Å². The van der Waals surface area contributed by atoms with E-state index in [1.807, 2.05) is 30.3 Å². The lowest BCUT2D eigenvalue weighted by Gasteiger charge is -2.12. The molecule has 0 atom stereocenters. The summed E-state index contributed by atoms with van der Waals surface area (Å²) in [4.78, 5) is 16.4. The minimum absolute atomic E-state index is 0.0860. The second-order valence-corrected chi connectivity index (χ2v) is 6.88. The van der Waals surface area contributed by atoms with Crippen LogP contribution in [0.4, 0.5) is 0 Å². The van der Waals surface area contributed by atoms with Crippen molar-refractivity contribution < 1.29 is 14.3 Å². The van der Waals surface area contributed by atoms with Crippen LogP contribution in [0.3, 0.4) is 0 Å². The van der Waals surface area contributed by atoms with E-state index in [0.717, 1.165) is 29.7 Å². The molecule has 0 unspecified atom stereocenters. The Kier molecular flexibility index (Phi) is 4.75. The predicted octanol–water partition coefficient (Wildman–Crippen LogP) is 3.99. The minimum Gasteiger partial charge on any atom is -0.497 e. The molecule has 0 bridgehead atoms. The smallest absolute Gasteiger partial charge is 0.253 e. The molecule has 0 aliphatic heterocycles. The van der Waals surface area contributed by atoms with Gasteiger partial charge in [0.2, 0.25) is 0 Å². The number of benzene rings is 2. The van der Waals surface area contributed by atoms with Gasteiger partial charge < -0.3 is 19.8 Å². The lowest BCUT2D eigenvalue weighted by Crippen LogP contribution is -2.23. The van der Waals surface area contributed by atoms with Gasteiger partial charge >= 0.3 is 0 Å². The van der Waals surface area contributed by atoms with Gasteiger partial charge in [0.25, 0.3) is 5.91 Å². The normalized spacial score (nSPS) is 13.3. The average molecular weight is 364 g/mol. The van der Waals surface area contributed by atoms with Gasteiger partial charge in [0.15, 0.2) is 0 Å². The van der Waals surface area contributed by atoms with Crippen molar-refractivity contribution in [2.75, 3.05) is 14.2 Å². The lowest BCUT2D eigenvalue weighted by atomic mass is 9.95. The molecule has 1 heterocycles. The lowest BCUT2D eigenvalue weighted by molar-refractivity contribution is 0.0952. The third-order valence-electron chi connectivity index (χ3n) is 5.31. The van der Waals surface area contributed by atoms with Crippen molar-refractivity contribution in [3.05, 3.63) is 58.8 Å². The SMILES string of the molecule is COc1ccc(CNC(=O)c2cccc3c4c([nH]c23)CCCC4)c(OC)c1. The van der Waals surface area contributed by atoms with Crippen molar-refractivity contribution in [2.45, 2.75) is 32.2 Å². The highest BCUT2D eigenvalue weighted by atomic mass is 16.5. The summed E-state index contributed by atoms with van der Waals surface area (Å²) in [7, 11) is 3.23. The first-order valence-electron chi connectivity index (χ1n) is 9.33. The Morgan fingerprint density at radius 1 is 1.11 bits per heavy atom. The number of ether oxygens (including phenoxy) is 2. The van der Waals surface area contributed by atoms with E-state index < -0.39 is 0 Å². The average Bonchev–Trinajstić information content (AvgIpc) is 3.10. The van der Waals surface area contributed by atoms with Crippen molar-refractivity contribution in [3.8, 4) is 11.5 Å². The summed E-state index contributed by atoms with van der Waals surface area (Å²) in [6.45, 7) is 0.392. The van der Waals surface area contributed by atoms with Crippen molar-refractivity contribution in [3.63, 3.8) is 0 Å². The molecule has 0 radical (unpaired) electrons. The summed E-state index contributed by atoms with van der Waals surface area (Å²) in [5.74, 6) is 1.34. The van der Waals surface area contributed by atoms with Crippen LogP contribution in [0.15, 0.2) is 36.4 Å². The second kappa shape index (κ2) is 7.35. The Hall–Kier alpha value is -2.95. The van der Waals surface area contributed by atoms with Gasteiger partial charge in [-0.1, -0.05) is 12.1 Å². The van der Waals surface area contributed by atoms with Gasteiger partial charge in [-0.05, 0) is 49.4 Å². The van der Waals surface area contributed by atoms with Gasteiger partial charge in [0.1, 0.15) is 11.5 Å². The number of nitrogens with one attached hydrogen (secondary N) is 2. The van der Waals surface area contributed by atoms with Gasteiger partial charge in [-0.2, -0.15) is 0 Å². The predicted molar refractivity (Wildman–Crippen MR) is 106 cm³/mol. The molecule has 2 aromatic carbocycles. The zero-order chi connectivity index (χ0) is 18.8. The Morgan fingerprint density at radius 3 is 2.78 bits per heavy atom. The van der Waals surface area contributed by atoms with Crippen LogP contribution in [0.1, 0.15) is 40.0 Å². The number of fused-ring (bicyclic) bond motifs is 3. The van der Waals surface area contributed by atoms with Crippen molar-refractivity contribution in [2.24, 2.45) is 0 Å². The first-order chi connectivity index (χ1) is 13.2. The van der Waals surface area contributed by atoms with Gasteiger partial charge in [-0.25, -0.2) is 0 Å². The van der Waals surface area contributed by atoms with Crippen molar-refractivity contribution in [1.82, 2.24) is 10.3 Å². The molecule has 1 aromatic heterocycles. The van der Waals surface area contributed by atoms with Gasteiger partial charge in [-0.3, -0.25) is 4.79 Å². The van der Waals surface area contributed by atoms with E-state index in [2.05, 4.69) is 16.4 Å². The maximum Gasteiger partial charge on any atom is 0.253 e. The molecule has 2 N–H and O–H groups in total. The van der Waals surface area contributed by atoms with Crippen LogP contribution in [0.2, 0.25) is 0 Å². The van der Waals surface area contributed by atoms with Crippen LogP contribution in [-0.4, -0.2) is 25.1 Å². The summed E-state index contributed by atoms with van der Waals surface area (Å²) in [6, 6.07) is 11.6. The Bertz CT molecular complexity index is 991. The molecule has 4 rings (SSSR count). The van der Waals surface area contributed by atoms with Gasteiger partial charge in [0.05, 0.1) is 25.3 Å². The van der Waals surface area contributed by atoms with Crippen molar-refractivity contribution >= 4 is 16.8 Å². The van der Waals surface area contributed by atoms with E-state index in [-0.39, 0.29) is 5.91 Å². The molecule has 0 saturated heterocycles. The topological polar surface area (TPSA) is 63.3 Å². The minimum atomic E-state index is -0.0860. The van der Waals surface area contributed by atoms with E-state index >= 15 is 0 Å². The Labute approximate surface area is 158 Å². The number of para-hydroxylation sites is 1. The molecule has 1 aliphatic carbocycles. The fourth-order valence-electron chi connectivity index (χ4n) is 3.89. The van der Waals surface area contributed by atoms with Crippen LogP contribution in [-0.2, 0) is 19.4 Å². The molecule has 0 saturated carbocycles. The number of hydrogen-bond acceptors (Lipinski definition) is 3. The molecule has 140 valence electrons. The first-order valence-corrected chi connectivity index (χ1v) is 9.33. The van der Waals surface area contributed by atoms with Crippen LogP contribution < -0.4 is 14.8 Å². The molecule has 27 heavy (non-hydrogen) atoms. The highest BCUT2D eigenvalue weighted by Gasteiger charge is 2.19. The number of methoxy groups -OCH3 is 2. The molecular formula is C22H24N2O3. The molecule has 5 nitrogen and oxygen atoms in total. The van der Waals surface area contributed by atoms with Crippen molar-refractivity contribution in [1.29, 1.82) is 0 Å². The number of aryl methyl sites for hydroxylation is 2. The van der Waals surface area contributed by atoms with E-state index in [4.69, 9.17) is 9.47 Å². The summed E-state index contributed by atoms with van der Waals surface area (Å²) in [6.07, 6.45) is 4.57. The maximum atomic E-state index is 12.9. The van der Waals surface area contributed by atoms with E-state index in [1.54, 1.807) is 14.2 Å². The number of rotatable bonds is 5. The number of hydrogen-bond donors (Lipinski definition) is 2. The summed E-state index contributed by atoms with van der Waals surface area (Å²) in [5.41, 5.74) is 5.21. The third kappa shape index (κ3) is 3.25. The largest absolute Gasteiger partial charge is 0.497 e. The molecule has 0 fully saturated rings. The highest BCUT2D eigenvalue weighted by Crippen LogP contribution is 2.31. The second-order valence-electron chi connectivity index (χ2n) is 6.88. The molecule has 5 heteroatoms. The summed E-state index contributed by atoms with van der Waals surface area (Å²) in [5, 5.41) is 4.20. The zero-order valence-electron chi connectivity index (χ0n) is 15.7. The van der Waals surface area contributed by atoms with Crippen LogP contribution in [0, 0.1) is 0 Å². The van der Waals surface area contributed by atoms with E-state index in [9.17, 15) is 4.79 Å². The fraction of sp³-hybridized carbons (Fsp3) is 0.318. The Balaban J connectivity index is 1.58. The number of aromatic nitrogens is 1. The van der Waals surface area contributed by atoms with Crippen LogP contribution >= 0.6 is 0 Å². The quantitative estimate of drug-likeness (QED) is 0.719. The molecular weight excluding hydrogens is 340 g/mol. The molecule has 1 amide bonds. The van der Waals surface area contributed by atoms with Gasteiger partial charge in [-0.15, -0.1) is 0 Å². The first kappa shape index (κ1) is 17.5. The van der Waals surface area contributed by atoms with Gasteiger partial charge in [0, 0.05) is 29.3 Å². The zero-order valence-corrected chi connectivity index (χ0v) is 15.7. The van der Waals surface area contributed by atoms with E-state index in [0.29, 0.717) is 17.9 Å². The van der Waals surface area contributed by atoms with Crippen LogP contribution in [0.5, 0.6) is 11.5 Å². The molecule has 1 aliphatic rings. The Morgan fingerprint density at radius 2 is 1.96 bits per heavy atom. The summed E-state index contributed by atoms with van der Waals surface area (Å²) < 4.78 is 10.6. The number of carbonyl (C=O) groups excluding carboxylic acids is 1. The number of carbonyl (C=O) groups is 1. The number of H-pyrrole nitrogens is 1. The molecule has 3 aromatic rings.